The van der Waals surface area contributed by atoms with Gasteiger partial charge in [0.1, 0.15) is 12.4 Å². The fraction of sp³-hybridized carbons (Fsp3) is 0.600. The number of methoxy groups -OCH3 is 1. The standard InChI is InChI=1S/C10H15N3O2/c1-11-9-8(14-2)10(13-6-12-9)15-7-4-3-5-7/h6-7H,3-5H2,1-2H3,(H,11,12,13). The monoisotopic (exact) mass is 209 g/mol. The van der Waals surface area contributed by atoms with E-state index in [9.17, 15) is 0 Å². The van der Waals surface area contributed by atoms with E-state index >= 15 is 0 Å². The molecule has 5 heteroatoms. The molecule has 0 amide bonds. The summed E-state index contributed by atoms with van der Waals surface area (Å²) >= 11 is 0. The zero-order valence-corrected chi connectivity index (χ0v) is 8.99. The maximum absolute atomic E-state index is 5.70. The van der Waals surface area contributed by atoms with Gasteiger partial charge < -0.3 is 14.8 Å². The number of hydrogen-bond acceptors (Lipinski definition) is 5. The van der Waals surface area contributed by atoms with Crippen molar-refractivity contribution >= 4 is 5.82 Å². The van der Waals surface area contributed by atoms with Crippen molar-refractivity contribution in [2.45, 2.75) is 25.4 Å². The molecule has 0 aliphatic heterocycles. The molecule has 1 N–H and O–H groups in total. The Morgan fingerprint density at radius 3 is 2.73 bits per heavy atom. The van der Waals surface area contributed by atoms with Gasteiger partial charge in [-0.15, -0.1) is 0 Å². The molecule has 82 valence electrons. The van der Waals surface area contributed by atoms with Crippen molar-refractivity contribution in [3.8, 4) is 11.6 Å². The van der Waals surface area contributed by atoms with E-state index in [1.807, 2.05) is 0 Å². The molecule has 0 bridgehead atoms. The molecule has 0 radical (unpaired) electrons. The predicted octanol–water partition coefficient (Wildman–Crippen LogP) is 1.46. The SMILES string of the molecule is CNc1ncnc(OC2CCC2)c1OC. The number of hydrogen-bond donors (Lipinski definition) is 1. The lowest BCUT2D eigenvalue weighted by Gasteiger charge is -2.26. The first-order chi connectivity index (χ1) is 7.35. The highest BCUT2D eigenvalue weighted by molar-refractivity contribution is 5.54. The van der Waals surface area contributed by atoms with Gasteiger partial charge in [-0.3, -0.25) is 0 Å². The van der Waals surface area contributed by atoms with Crippen LogP contribution in [0.5, 0.6) is 11.6 Å². The Balaban J connectivity index is 2.20. The normalized spacial score (nSPS) is 15.6. The van der Waals surface area contributed by atoms with Gasteiger partial charge in [-0.1, -0.05) is 0 Å². The number of ether oxygens (including phenoxy) is 2. The molecule has 5 nitrogen and oxygen atoms in total. The number of rotatable bonds is 4. The third-order valence-corrected chi connectivity index (χ3v) is 2.54. The minimum Gasteiger partial charge on any atom is -0.489 e. The maximum Gasteiger partial charge on any atom is 0.262 e. The van der Waals surface area contributed by atoms with Crippen LogP contribution in [0.15, 0.2) is 6.33 Å². The van der Waals surface area contributed by atoms with Crippen molar-refractivity contribution in [1.29, 1.82) is 0 Å². The second-order valence-electron chi connectivity index (χ2n) is 3.48. The molecule has 0 aromatic carbocycles. The summed E-state index contributed by atoms with van der Waals surface area (Å²) in [5, 5.41) is 2.94. The smallest absolute Gasteiger partial charge is 0.262 e. The fourth-order valence-corrected chi connectivity index (χ4v) is 1.45. The lowest BCUT2D eigenvalue weighted by molar-refractivity contribution is 0.110. The summed E-state index contributed by atoms with van der Waals surface area (Å²) in [4.78, 5) is 8.13. The van der Waals surface area contributed by atoms with E-state index in [4.69, 9.17) is 9.47 Å². The number of anilines is 1. The largest absolute Gasteiger partial charge is 0.489 e. The van der Waals surface area contributed by atoms with Crippen LogP contribution in [-0.2, 0) is 0 Å². The highest BCUT2D eigenvalue weighted by Gasteiger charge is 2.22. The third-order valence-electron chi connectivity index (χ3n) is 2.54. The first-order valence-corrected chi connectivity index (χ1v) is 5.08. The van der Waals surface area contributed by atoms with Gasteiger partial charge in [0.05, 0.1) is 7.11 Å². The van der Waals surface area contributed by atoms with E-state index < -0.39 is 0 Å². The minimum atomic E-state index is 0.290. The average molecular weight is 209 g/mol. The van der Waals surface area contributed by atoms with Crippen LogP contribution in [-0.4, -0.2) is 30.2 Å². The van der Waals surface area contributed by atoms with E-state index in [0.29, 0.717) is 23.6 Å². The summed E-state index contributed by atoms with van der Waals surface area (Å²) in [5.74, 6) is 1.76. The minimum absolute atomic E-state index is 0.290. The summed E-state index contributed by atoms with van der Waals surface area (Å²) in [6.45, 7) is 0. The highest BCUT2D eigenvalue weighted by atomic mass is 16.5. The quantitative estimate of drug-likeness (QED) is 0.813. The Morgan fingerprint density at radius 1 is 1.40 bits per heavy atom. The molecule has 0 atom stereocenters. The second-order valence-corrected chi connectivity index (χ2v) is 3.48. The van der Waals surface area contributed by atoms with Gasteiger partial charge >= 0.3 is 0 Å². The lowest BCUT2D eigenvalue weighted by Crippen LogP contribution is -2.25. The van der Waals surface area contributed by atoms with E-state index in [1.165, 1.54) is 12.7 Å². The first-order valence-electron chi connectivity index (χ1n) is 5.08. The molecule has 1 aromatic heterocycles. The Labute approximate surface area is 88.8 Å². The summed E-state index contributed by atoms with van der Waals surface area (Å²) < 4.78 is 10.9. The van der Waals surface area contributed by atoms with Gasteiger partial charge in [-0.25, -0.2) is 4.98 Å². The third kappa shape index (κ3) is 1.95. The molecule has 0 spiro atoms. The molecule has 1 heterocycles. The van der Waals surface area contributed by atoms with Gasteiger partial charge in [0.2, 0.25) is 5.75 Å². The second kappa shape index (κ2) is 4.33. The van der Waals surface area contributed by atoms with Crippen molar-refractivity contribution in [3.63, 3.8) is 0 Å². The van der Waals surface area contributed by atoms with E-state index in [0.717, 1.165) is 12.8 Å². The van der Waals surface area contributed by atoms with E-state index in [-0.39, 0.29) is 0 Å². The van der Waals surface area contributed by atoms with Crippen molar-refractivity contribution in [1.82, 2.24) is 9.97 Å². The Kier molecular flexibility index (Phi) is 2.89. The van der Waals surface area contributed by atoms with Gasteiger partial charge in [0, 0.05) is 7.05 Å². The van der Waals surface area contributed by atoms with Crippen LogP contribution in [0, 0.1) is 0 Å². The lowest BCUT2D eigenvalue weighted by atomic mass is 9.96. The fourth-order valence-electron chi connectivity index (χ4n) is 1.45. The molecule has 1 aromatic rings. The van der Waals surface area contributed by atoms with E-state index in [1.54, 1.807) is 14.2 Å². The summed E-state index contributed by atoms with van der Waals surface area (Å²) in [6, 6.07) is 0. The topological polar surface area (TPSA) is 56.3 Å². The Morgan fingerprint density at radius 2 is 2.20 bits per heavy atom. The predicted molar refractivity (Wildman–Crippen MR) is 56.4 cm³/mol. The average Bonchev–Trinajstić information content (AvgIpc) is 2.22. The molecule has 15 heavy (non-hydrogen) atoms. The number of aromatic nitrogens is 2. The van der Waals surface area contributed by atoms with Crippen molar-refractivity contribution in [2.75, 3.05) is 19.5 Å². The zero-order valence-electron chi connectivity index (χ0n) is 8.99. The molecule has 1 aliphatic carbocycles. The molecular formula is C10H15N3O2. The number of nitrogens with zero attached hydrogens (tertiary/aromatic N) is 2. The Hall–Kier alpha value is -1.52. The van der Waals surface area contributed by atoms with Gasteiger partial charge in [-0.2, -0.15) is 4.98 Å². The van der Waals surface area contributed by atoms with Crippen molar-refractivity contribution in [3.05, 3.63) is 6.33 Å². The Bertz CT molecular complexity index is 339. The summed E-state index contributed by atoms with van der Waals surface area (Å²) in [7, 11) is 3.38. The first kappa shape index (κ1) is 10.0. The molecule has 0 saturated heterocycles. The molecule has 2 rings (SSSR count). The van der Waals surface area contributed by atoms with Crippen LogP contribution in [0.2, 0.25) is 0 Å². The van der Waals surface area contributed by atoms with Crippen LogP contribution in [0.4, 0.5) is 5.82 Å². The van der Waals surface area contributed by atoms with Gasteiger partial charge in [0.15, 0.2) is 5.82 Å². The zero-order chi connectivity index (χ0) is 10.7. The summed E-state index contributed by atoms with van der Waals surface area (Å²) in [6.07, 6.45) is 5.20. The van der Waals surface area contributed by atoms with Crippen molar-refractivity contribution in [2.24, 2.45) is 0 Å². The van der Waals surface area contributed by atoms with Crippen LogP contribution < -0.4 is 14.8 Å². The molecule has 1 fully saturated rings. The van der Waals surface area contributed by atoms with Crippen molar-refractivity contribution < 1.29 is 9.47 Å². The van der Waals surface area contributed by atoms with Gasteiger partial charge in [-0.05, 0) is 19.3 Å². The highest BCUT2D eigenvalue weighted by Crippen LogP contribution is 2.34. The molecule has 0 unspecified atom stereocenters. The van der Waals surface area contributed by atoms with Crippen LogP contribution in [0.25, 0.3) is 0 Å². The van der Waals surface area contributed by atoms with Crippen LogP contribution >= 0.6 is 0 Å². The van der Waals surface area contributed by atoms with Crippen LogP contribution in [0.1, 0.15) is 19.3 Å². The maximum atomic E-state index is 5.70. The molecular weight excluding hydrogens is 194 g/mol. The van der Waals surface area contributed by atoms with Gasteiger partial charge in [0.25, 0.3) is 5.88 Å². The van der Waals surface area contributed by atoms with E-state index in [2.05, 4.69) is 15.3 Å². The molecule has 1 saturated carbocycles. The number of nitrogens with one attached hydrogen (secondary N) is 1. The van der Waals surface area contributed by atoms with Crippen LogP contribution in [0.3, 0.4) is 0 Å². The summed E-state index contributed by atoms with van der Waals surface area (Å²) in [5.41, 5.74) is 0. The molecule has 1 aliphatic rings.